The number of amides is 1. The van der Waals surface area contributed by atoms with Crippen LogP contribution in [0.4, 0.5) is 0 Å². The molecule has 0 radical (unpaired) electrons. The monoisotopic (exact) mass is 566 g/mol. The van der Waals surface area contributed by atoms with Gasteiger partial charge in [-0.25, -0.2) is 9.79 Å². The number of amidine groups is 1. The van der Waals surface area contributed by atoms with Crippen molar-refractivity contribution in [2.24, 2.45) is 4.99 Å². The SMILES string of the molecule is CCOC(=O)C1=C(c2ccccc2)N=C2SC=C(CC(=O)NCCN3CCOCC3)N2C1c1ccccc1Cl. The van der Waals surface area contributed by atoms with Gasteiger partial charge in [0.05, 0.1) is 43.6 Å². The first-order valence-corrected chi connectivity index (χ1v) is 14.3. The number of fused-ring (bicyclic) bond motifs is 1. The lowest BCUT2D eigenvalue weighted by atomic mass is 9.91. The van der Waals surface area contributed by atoms with Crippen molar-refractivity contribution in [1.29, 1.82) is 0 Å². The first kappa shape index (κ1) is 27.5. The molecule has 204 valence electrons. The minimum absolute atomic E-state index is 0.0928. The standard InChI is InChI=1S/C29H31ClN4O4S/c1-2-38-28(36)25-26(20-8-4-3-5-9-20)32-29-34(27(25)22-10-6-7-11-23(22)30)21(19-39-29)18-24(35)31-12-13-33-14-16-37-17-15-33/h3-11,19,27H,2,12-18H2,1H3,(H,31,35). The van der Waals surface area contributed by atoms with Crippen molar-refractivity contribution in [3.8, 4) is 0 Å². The molecule has 1 amide bonds. The van der Waals surface area contributed by atoms with E-state index in [-0.39, 0.29) is 18.9 Å². The van der Waals surface area contributed by atoms with Crippen molar-refractivity contribution in [1.82, 2.24) is 15.1 Å². The largest absolute Gasteiger partial charge is 0.463 e. The van der Waals surface area contributed by atoms with Crippen LogP contribution in [0.2, 0.25) is 5.02 Å². The fraction of sp³-hybridized carbons (Fsp3) is 0.345. The Hall–Kier alpha value is -3.11. The van der Waals surface area contributed by atoms with Crippen LogP contribution in [0, 0.1) is 0 Å². The van der Waals surface area contributed by atoms with Crippen LogP contribution in [0.15, 0.2) is 76.3 Å². The van der Waals surface area contributed by atoms with Gasteiger partial charge in [0.1, 0.15) is 0 Å². The third kappa shape index (κ3) is 6.22. The highest BCUT2D eigenvalue weighted by Crippen LogP contribution is 2.48. The van der Waals surface area contributed by atoms with E-state index in [9.17, 15) is 9.59 Å². The summed E-state index contributed by atoms with van der Waals surface area (Å²) in [6, 6.07) is 16.4. The summed E-state index contributed by atoms with van der Waals surface area (Å²) < 4.78 is 10.9. The van der Waals surface area contributed by atoms with E-state index in [1.54, 1.807) is 13.0 Å². The van der Waals surface area contributed by atoms with Crippen molar-refractivity contribution in [2.75, 3.05) is 46.0 Å². The second-order valence-corrected chi connectivity index (χ2v) is 10.5. The smallest absolute Gasteiger partial charge is 0.338 e. The third-order valence-corrected chi connectivity index (χ3v) is 7.98. The summed E-state index contributed by atoms with van der Waals surface area (Å²) >= 11 is 8.16. The van der Waals surface area contributed by atoms with Gasteiger partial charge in [-0.1, -0.05) is 71.9 Å². The Morgan fingerprint density at radius 1 is 1.13 bits per heavy atom. The number of morpholine rings is 1. The van der Waals surface area contributed by atoms with Gasteiger partial charge in [-0.05, 0) is 24.0 Å². The molecule has 3 heterocycles. The van der Waals surface area contributed by atoms with Crippen molar-refractivity contribution in [2.45, 2.75) is 19.4 Å². The number of aliphatic imine (C=N–C) groups is 1. The predicted molar refractivity (Wildman–Crippen MR) is 154 cm³/mol. The van der Waals surface area contributed by atoms with Gasteiger partial charge in [0.15, 0.2) is 5.17 Å². The summed E-state index contributed by atoms with van der Waals surface area (Å²) in [5.74, 6) is -0.555. The van der Waals surface area contributed by atoms with Gasteiger partial charge in [0.25, 0.3) is 0 Å². The number of benzene rings is 2. The molecule has 0 aromatic heterocycles. The summed E-state index contributed by atoms with van der Waals surface area (Å²) in [6.07, 6.45) is 0.146. The number of rotatable bonds is 9. The maximum atomic E-state index is 13.5. The van der Waals surface area contributed by atoms with E-state index in [0.717, 1.165) is 49.7 Å². The molecule has 1 fully saturated rings. The van der Waals surface area contributed by atoms with E-state index in [0.29, 0.717) is 28.0 Å². The van der Waals surface area contributed by atoms with E-state index < -0.39 is 12.0 Å². The fourth-order valence-electron chi connectivity index (χ4n) is 4.88. The molecule has 0 aliphatic carbocycles. The first-order chi connectivity index (χ1) is 19.1. The Balaban J connectivity index is 1.46. The Kier molecular flexibility index (Phi) is 9.03. The number of esters is 1. The molecule has 39 heavy (non-hydrogen) atoms. The summed E-state index contributed by atoms with van der Waals surface area (Å²) in [7, 11) is 0. The van der Waals surface area contributed by atoms with Gasteiger partial charge in [-0.2, -0.15) is 0 Å². The van der Waals surface area contributed by atoms with Gasteiger partial charge in [0, 0.05) is 42.5 Å². The number of nitrogens with one attached hydrogen (secondary N) is 1. The van der Waals surface area contributed by atoms with Crippen LogP contribution < -0.4 is 5.32 Å². The first-order valence-electron chi connectivity index (χ1n) is 13.1. The van der Waals surface area contributed by atoms with Gasteiger partial charge in [0.2, 0.25) is 5.91 Å². The van der Waals surface area contributed by atoms with Crippen LogP contribution in [-0.4, -0.2) is 72.8 Å². The Labute approximate surface area is 237 Å². The highest BCUT2D eigenvalue weighted by molar-refractivity contribution is 8.16. The number of ether oxygens (including phenoxy) is 2. The van der Waals surface area contributed by atoms with Crippen LogP contribution in [0.5, 0.6) is 0 Å². The number of carbonyl (C=O) groups excluding carboxylic acids is 2. The zero-order valence-electron chi connectivity index (χ0n) is 21.8. The summed E-state index contributed by atoms with van der Waals surface area (Å²) in [4.78, 5) is 35.7. The van der Waals surface area contributed by atoms with Crippen molar-refractivity contribution >= 4 is 46.1 Å². The Bertz CT molecular complexity index is 1310. The van der Waals surface area contributed by atoms with Crippen LogP contribution in [0.1, 0.15) is 30.5 Å². The molecular weight excluding hydrogens is 536 g/mol. The van der Waals surface area contributed by atoms with E-state index in [2.05, 4.69) is 10.2 Å². The number of halogens is 1. The maximum Gasteiger partial charge on any atom is 0.338 e. The molecule has 2 aromatic carbocycles. The van der Waals surface area contributed by atoms with E-state index in [1.165, 1.54) is 11.8 Å². The summed E-state index contributed by atoms with van der Waals surface area (Å²) in [5, 5.41) is 6.17. The van der Waals surface area contributed by atoms with Gasteiger partial charge < -0.3 is 19.7 Å². The second kappa shape index (κ2) is 12.8. The van der Waals surface area contributed by atoms with Gasteiger partial charge in [-0.3, -0.25) is 9.69 Å². The van der Waals surface area contributed by atoms with Crippen molar-refractivity contribution < 1.29 is 19.1 Å². The lowest BCUT2D eigenvalue weighted by Gasteiger charge is -2.37. The lowest BCUT2D eigenvalue weighted by Crippen LogP contribution is -2.42. The molecule has 3 aliphatic rings. The molecular formula is C29H31ClN4O4S. The topological polar surface area (TPSA) is 83.5 Å². The van der Waals surface area contributed by atoms with Crippen LogP contribution in [0.25, 0.3) is 5.70 Å². The highest BCUT2D eigenvalue weighted by atomic mass is 35.5. The molecule has 1 saturated heterocycles. The average molecular weight is 567 g/mol. The average Bonchev–Trinajstić information content (AvgIpc) is 3.35. The quantitative estimate of drug-likeness (QED) is 0.449. The maximum absolute atomic E-state index is 13.5. The van der Waals surface area contributed by atoms with E-state index >= 15 is 0 Å². The zero-order valence-corrected chi connectivity index (χ0v) is 23.3. The predicted octanol–water partition coefficient (Wildman–Crippen LogP) is 4.45. The molecule has 0 spiro atoms. The number of hydrogen-bond acceptors (Lipinski definition) is 8. The second-order valence-electron chi connectivity index (χ2n) is 9.24. The molecule has 5 rings (SSSR count). The van der Waals surface area contributed by atoms with Crippen LogP contribution in [0.3, 0.4) is 0 Å². The molecule has 3 aliphatic heterocycles. The van der Waals surface area contributed by atoms with E-state index in [1.807, 2.05) is 58.8 Å². The normalized spacial score (nSPS) is 19.3. The molecule has 0 saturated carbocycles. The van der Waals surface area contributed by atoms with E-state index in [4.69, 9.17) is 26.1 Å². The molecule has 1 N–H and O–H groups in total. The fourth-order valence-corrected chi connectivity index (χ4v) is 6.04. The molecule has 1 unspecified atom stereocenters. The number of hydrogen-bond donors (Lipinski definition) is 1. The molecule has 2 aromatic rings. The minimum Gasteiger partial charge on any atom is -0.463 e. The number of nitrogens with zero attached hydrogens (tertiary/aromatic N) is 3. The number of thioether (sulfide) groups is 1. The third-order valence-electron chi connectivity index (χ3n) is 6.75. The number of carbonyl (C=O) groups is 2. The van der Waals surface area contributed by atoms with Gasteiger partial charge >= 0.3 is 5.97 Å². The molecule has 1 atom stereocenters. The Morgan fingerprint density at radius 2 is 1.87 bits per heavy atom. The lowest BCUT2D eigenvalue weighted by molar-refractivity contribution is -0.139. The molecule has 10 heteroatoms. The minimum atomic E-state index is -0.608. The summed E-state index contributed by atoms with van der Waals surface area (Å²) in [6.45, 7) is 6.52. The zero-order chi connectivity index (χ0) is 27.2. The highest BCUT2D eigenvalue weighted by Gasteiger charge is 2.43. The van der Waals surface area contributed by atoms with Crippen LogP contribution in [-0.2, 0) is 19.1 Å². The molecule has 8 nitrogen and oxygen atoms in total. The van der Waals surface area contributed by atoms with Crippen LogP contribution >= 0.6 is 23.4 Å². The Morgan fingerprint density at radius 3 is 2.62 bits per heavy atom. The molecule has 0 bridgehead atoms. The van der Waals surface area contributed by atoms with Crippen molar-refractivity contribution in [3.05, 3.63) is 87.4 Å². The van der Waals surface area contributed by atoms with Gasteiger partial charge in [-0.15, -0.1) is 0 Å². The summed E-state index contributed by atoms with van der Waals surface area (Å²) in [5.41, 5.74) is 3.23. The van der Waals surface area contributed by atoms with Crippen molar-refractivity contribution in [3.63, 3.8) is 0 Å².